The summed E-state index contributed by atoms with van der Waals surface area (Å²) in [6.07, 6.45) is 5.34. The van der Waals surface area contributed by atoms with Gasteiger partial charge in [0, 0.05) is 16.5 Å². The Morgan fingerprint density at radius 3 is 2.47 bits per heavy atom. The van der Waals surface area contributed by atoms with Crippen molar-refractivity contribution in [3.05, 3.63) is 24.3 Å². The highest BCUT2D eigenvalue weighted by molar-refractivity contribution is 7.98. The van der Waals surface area contributed by atoms with Crippen LogP contribution in [0.5, 0.6) is 0 Å². The van der Waals surface area contributed by atoms with E-state index in [1.165, 1.54) is 11.3 Å². The molecule has 0 aromatic heterocycles. The minimum Gasteiger partial charge on any atom is -0.326 e. The van der Waals surface area contributed by atoms with Gasteiger partial charge in [-0.3, -0.25) is 4.79 Å². The van der Waals surface area contributed by atoms with Crippen molar-refractivity contribution in [2.75, 3.05) is 11.6 Å². The van der Waals surface area contributed by atoms with E-state index in [1.807, 2.05) is 30.5 Å². The molecule has 1 N–H and O–H groups in total. The zero-order valence-corrected chi connectivity index (χ0v) is 9.64. The Hall–Kier alpha value is -0.960. The van der Waals surface area contributed by atoms with E-state index in [0.29, 0.717) is 0 Å². The molecule has 0 heterocycles. The zero-order chi connectivity index (χ0) is 10.7. The third kappa shape index (κ3) is 2.53. The minimum absolute atomic E-state index is 0.179. The minimum atomic E-state index is 0.179. The summed E-state index contributed by atoms with van der Waals surface area (Å²) in [5, 5.41) is 2.95. The van der Waals surface area contributed by atoms with Gasteiger partial charge in [0.15, 0.2) is 0 Å². The van der Waals surface area contributed by atoms with Crippen molar-refractivity contribution in [3.63, 3.8) is 0 Å². The zero-order valence-electron chi connectivity index (χ0n) is 8.82. The normalized spacial score (nSPS) is 15.8. The molecule has 0 unspecified atom stereocenters. The van der Waals surface area contributed by atoms with Crippen LogP contribution < -0.4 is 5.32 Å². The second-order valence-electron chi connectivity index (χ2n) is 3.85. The van der Waals surface area contributed by atoms with Crippen molar-refractivity contribution >= 4 is 23.4 Å². The molecule has 1 aliphatic carbocycles. The van der Waals surface area contributed by atoms with Crippen LogP contribution in [0.15, 0.2) is 29.2 Å². The van der Waals surface area contributed by atoms with Gasteiger partial charge >= 0.3 is 0 Å². The highest BCUT2D eigenvalue weighted by Gasteiger charge is 2.24. The van der Waals surface area contributed by atoms with Crippen molar-refractivity contribution < 1.29 is 4.79 Å². The Labute approximate surface area is 94.4 Å². The number of carbonyl (C=O) groups is 1. The lowest BCUT2D eigenvalue weighted by Crippen LogP contribution is -2.27. The van der Waals surface area contributed by atoms with Crippen LogP contribution in [0, 0.1) is 5.92 Å². The number of hydrogen-bond acceptors (Lipinski definition) is 2. The van der Waals surface area contributed by atoms with E-state index in [2.05, 4.69) is 5.32 Å². The number of amides is 1. The van der Waals surface area contributed by atoms with Gasteiger partial charge in [0.05, 0.1) is 0 Å². The second-order valence-corrected chi connectivity index (χ2v) is 4.73. The van der Waals surface area contributed by atoms with Crippen LogP contribution in [0.1, 0.15) is 19.3 Å². The van der Waals surface area contributed by atoms with Crippen LogP contribution in [0.25, 0.3) is 0 Å². The fourth-order valence-corrected chi connectivity index (χ4v) is 2.00. The van der Waals surface area contributed by atoms with Crippen molar-refractivity contribution in [1.29, 1.82) is 0 Å². The average Bonchev–Trinajstić information content (AvgIpc) is 2.16. The van der Waals surface area contributed by atoms with Gasteiger partial charge in [-0.05, 0) is 43.4 Å². The molecular weight excluding hydrogens is 206 g/mol. The topological polar surface area (TPSA) is 29.1 Å². The standard InChI is InChI=1S/C12H15NOS/c1-15-11-7-5-10(6-8-11)13-12(14)9-3-2-4-9/h5-9H,2-4H2,1H3,(H,13,14). The Bertz CT molecular complexity index is 343. The lowest BCUT2D eigenvalue weighted by Gasteiger charge is -2.24. The number of benzene rings is 1. The van der Waals surface area contributed by atoms with E-state index in [4.69, 9.17) is 0 Å². The molecule has 0 atom stereocenters. The lowest BCUT2D eigenvalue weighted by molar-refractivity contribution is -0.122. The first-order valence-electron chi connectivity index (χ1n) is 5.24. The molecule has 3 heteroatoms. The predicted molar refractivity (Wildman–Crippen MR) is 64.2 cm³/mol. The van der Waals surface area contributed by atoms with Crippen LogP contribution in [0.3, 0.4) is 0 Å². The van der Waals surface area contributed by atoms with Crippen LogP contribution >= 0.6 is 11.8 Å². The highest BCUT2D eigenvalue weighted by atomic mass is 32.2. The molecule has 2 nitrogen and oxygen atoms in total. The molecule has 0 spiro atoms. The SMILES string of the molecule is CSc1ccc(NC(=O)C2CCC2)cc1. The first kappa shape index (κ1) is 10.6. The van der Waals surface area contributed by atoms with Crippen molar-refractivity contribution in [3.8, 4) is 0 Å². The number of hydrogen-bond donors (Lipinski definition) is 1. The predicted octanol–water partition coefficient (Wildman–Crippen LogP) is 3.15. The number of carbonyl (C=O) groups excluding carboxylic acids is 1. The molecule has 2 rings (SSSR count). The quantitative estimate of drug-likeness (QED) is 0.794. The number of nitrogens with one attached hydrogen (secondary N) is 1. The fourth-order valence-electron chi connectivity index (χ4n) is 1.59. The molecule has 80 valence electrons. The van der Waals surface area contributed by atoms with Gasteiger partial charge in [-0.2, -0.15) is 0 Å². The maximum Gasteiger partial charge on any atom is 0.227 e. The van der Waals surface area contributed by atoms with Gasteiger partial charge in [-0.1, -0.05) is 6.42 Å². The molecule has 1 fully saturated rings. The summed E-state index contributed by atoms with van der Waals surface area (Å²) in [5.74, 6) is 0.434. The molecule has 0 aliphatic heterocycles. The summed E-state index contributed by atoms with van der Waals surface area (Å²) in [4.78, 5) is 12.9. The Morgan fingerprint density at radius 1 is 1.33 bits per heavy atom. The molecule has 1 amide bonds. The third-order valence-electron chi connectivity index (χ3n) is 2.83. The van der Waals surface area contributed by atoms with Crippen molar-refractivity contribution in [1.82, 2.24) is 0 Å². The van der Waals surface area contributed by atoms with Crippen LogP contribution in [-0.2, 0) is 4.79 Å². The van der Waals surface area contributed by atoms with Gasteiger partial charge in [0.1, 0.15) is 0 Å². The van der Waals surface area contributed by atoms with E-state index in [0.717, 1.165) is 18.5 Å². The monoisotopic (exact) mass is 221 g/mol. The van der Waals surface area contributed by atoms with Gasteiger partial charge in [-0.25, -0.2) is 0 Å². The summed E-state index contributed by atoms with van der Waals surface area (Å²) in [6, 6.07) is 7.98. The number of thioether (sulfide) groups is 1. The van der Waals surface area contributed by atoms with E-state index in [1.54, 1.807) is 11.8 Å². The smallest absolute Gasteiger partial charge is 0.227 e. The van der Waals surface area contributed by atoms with Gasteiger partial charge in [0.25, 0.3) is 0 Å². The van der Waals surface area contributed by atoms with Crippen molar-refractivity contribution in [2.45, 2.75) is 24.2 Å². The molecule has 1 aromatic carbocycles. The Balaban J connectivity index is 1.94. The first-order valence-corrected chi connectivity index (χ1v) is 6.47. The van der Waals surface area contributed by atoms with Crippen LogP contribution in [0.4, 0.5) is 5.69 Å². The number of anilines is 1. The van der Waals surface area contributed by atoms with Crippen LogP contribution in [0.2, 0.25) is 0 Å². The van der Waals surface area contributed by atoms with Gasteiger partial charge < -0.3 is 5.32 Å². The van der Waals surface area contributed by atoms with E-state index < -0.39 is 0 Å². The maximum absolute atomic E-state index is 11.6. The Kier molecular flexibility index (Phi) is 3.31. The summed E-state index contributed by atoms with van der Waals surface area (Å²) >= 11 is 1.71. The maximum atomic E-state index is 11.6. The van der Waals surface area contributed by atoms with E-state index >= 15 is 0 Å². The molecule has 0 radical (unpaired) electrons. The second kappa shape index (κ2) is 4.71. The summed E-state index contributed by atoms with van der Waals surface area (Å²) in [5.41, 5.74) is 0.907. The Morgan fingerprint density at radius 2 is 2.00 bits per heavy atom. The fraction of sp³-hybridized carbons (Fsp3) is 0.417. The highest BCUT2D eigenvalue weighted by Crippen LogP contribution is 2.27. The molecule has 1 saturated carbocycles. The molecule has 1 aromatic rings. The lowest BCUT2D eigenvalue weighted by atomic mass is 9.85. The molecule has 15 heavy (non-hydrogen) atoms. The third-order valence-corrected chi connectivity index (χ3v) is 3.58. The summed E-state index contributed by atoms with van der Waals surface area (Å²) in [6.45, 7) is 0. The molecule has 0 bridgehead atoms. The molecule has 1 aliphatic rings. The van der Waals surface area contributed by atoms with Crippen molar-refractivity contribution in [2.24, 2.45) is 5.92 Å². The molecular formula is C12H15NOS. The van der Waals surface area contributed by atoms with E-state index in [-0.39, 0.29) is 11.8 Å². The average molecular weight is 221 g/mol. The first-order chi connectivity index (χ1) is 7.29. The van der Waals surface area contributed by atoms with Crippen LogP contribution in [-0.4, -0.2) is 12.2 Å². The van der Waals surface area contributed by atoms with Gasteiger partial charge in [0.2, 0.25) is 5.91 Å². The summed E-state index contributed by atoms with van der Waals surface area (Å²) in [7, 11) is 0. The number of rotatable bonds is 3. The van der Waals surface area contributed by atoms with E-state index in [9.17, 15) is 4.79 Å². The largest absolute Gasteiger partial charge is 0.326 e. The van der Waals surface area contributed by atoms with Gasteiger partial charge in [-0.15, -0.1) is 11.8 Å². The molecule has 0 saturated heterocycles. The summed E-state index contributed by atoms with van der Waals surface area (Å²) < 4.78 is 0.